The van der Waals surface area contributed by atoms with Crippen molar-refractivity contribution in [3.63, 3.8) is 0 Å². The summed E-state index contributed by atoms with van der Waals surface area (Å²) in [5, 5.41) is 6.00. The lowest BCUT2D eigenvalue weighted by Crippen LogP contribution is -2.18. The Morgan fingerprint density at radius 1 is 1.07 bits per heavy atom. The Labute approximate surface area is 154 Å². The van der Waals surface area contributed by atoms with Crippen LogP contribution >= 0.6 is 0 Å². The van der Waals surface area contributed by atoms with E-state index in [0.717, 1.165) is 33.1 Å². The van der Waals surface area contributed by atoms with Crippen LogP contribution in [0.3, 0.4) is 0 Å². The van der Waals surface area contributed by atoms with E-state index in [1.54, 1.807) is 12.1 Å². The summed E-state index contributed by atoms with van der Waals surface area (Å²) in [4.78, 5) is 12.6. The number of hydrogen-bond donors (Lipinski definition) is 1. The number of halogens is 3. The average molecular weight is 373 g/mol. The summed E-state index contributed by atoms with van der Waals surface area (Å²) in [6.07, 6.45) is -3.64. The van der Waals surface area contributed by atoms with Gasteiger partial charge in [-0.05, 0) is 31.0 Å². The maximum absolute atomic E-state index is 13.2. The number of nitrogens with one attached hydrogen (secondary N) is 1. The van der Waals surface area contributed by atoms with Crippen LogP contribution in [0.5, 0.6) is 0 Å². The third kappa shape index (κ3) is 3.86. The van der Waals surface area contributed by atoms with Crippen LogP contribution in [0.1, 0.15) is 27.2 Å². The number of aromatic nitrogens is 2. The van der Waals surface area contributed by atoms with Crippen molar-refractivity contribution < 1.29 is 18.0 Å². The van der Waals surface area contributed by atoms with Gasteiger partial charge >= 0.3 is 6.18 Å². The standard InChI is InChI=1S/C20H18F3N3O/c1-12-7-9-14(10-8-12)17-13(2)5-4-6-16(17)24-19(27)15-11-26(3)25-18(15)20(21,22)23/h4-11H,1-3H3,(H,24,27). The van der Waals surface area contributed by atoms with Gasteiger partial charge < -0.3 is 5.32 Å². The molecule has 1 aromatic heterocycles. The van der Waals surface area contributed by atoms with Crippen molar-refractivity contribution in [2.45, 2.75) is 20.0 Å². The zero-order chi connectivity index (χ0) is 19.8. The van der Waals surface area contributed by atoms with Gasteiger partial charge in [0.15, 0.2) is 5.69 Å². The fourth-order valence-electron chi connectivity index (χ4n) is 2.93. The Hall–Kier alpha value is -3.09. The van der Waals surface area contributed by atoms with Crippen molar-refractivity contribution in [3.05, 3.63) is 71.0 Å². The zero-order valence-corrected chi connectivity index (χ0v) is 15.1. The smallest absolute Gasteiger partial charge is 0.321 e. The second-order valence-corrected chi connectivity index (χ2v) is 6.38. The van der Waals surface area contributed by atoms with E-state index in [2.05, 4.69) is 10.4 Å². The van der Waals surface area contributed by atoms with E-state index in [-0.39, 0.29) is 0 Å². The molecule has 0 spiro atoms. The second-order valence-electron chi connectivity index (χ2n) is 6.38. The Balaban J connectivity index is 2.01. The molecule has 3 rings (SSSR count). The van der Waals surface area contributed by atoms with E-state index >= 15 is 0 Å². The van der Waals surface area contributed by atoms with Crippen LogP contribution in [0.4, 0.5) is 18.9 Å². The van der Waals surface area contributed by atoms with Crippen LogP contribution in [0.15, 0.2) is 48.7 Å². The second kappa shape index (κ2) is 6.90. The summed E-state index contributed by atoms with van der Waals surface area (Å²) >= 11 is 0. The van der Waals surface area contributed by atoms with Crippen LogP contribution in [0.2, 0.25) is 0 Å². The Morgan fingerprint density at radius 3 is 2.37 bits per heavy atom. The van der Waals surface area contributed by atoms with Gasteiger partial charge in [0.1, 0.15) is 0 Å². The molecule has 1 N–H and O–H groups in total. The highest BCUT2D eigenvalue weighted by Crippen LogP contribution is 2.34. The van der Waals surface area contributed by atoms with Crippen molar-refractivity contribution in [3.8, 4) is 11.1 Å². The van der Waals surface area contributed by atoms with Gasteiger partial charge in [0.05, 0.1) is 5.56 Å². The lowest BCUT2D eigenvalue weighted by molar-refractivity contribution is -0.141. The Bertz CT molecular complexity index is 989. The number of carbonyl (C=O) groups excluding carboxylic acids is 1. The monoisotopic (exact) mass is 373 g/mol. The van der Waals surface area contributed by atoms with Gasteiger partial charge in [-0.2, -0.15) is 18.3 Å². The number of hydrogen-bond acceptors (Lipinski definition) is 2. The highest BCUT2D eigenvalue weighted by atomic mass is 19.4. The van der Waals surface area contributed by atoms with Crippen molar-refractivity contribution in [1.82, 2.24) is 9.78 Å². The minimum Gasteiger partial charge on any atom is -0.321 e. The minimum absolute atomic E-state index is 0.445. The van der Waals surface area contributed by atoms with Gasteiger partial charge in [-0.25, -0.2) is 0 Å². The Morgan fingerprint density at radius 2 is 1.74 bits per heavy atom. The molecule has 140 valence electrons. The first kappa shape index (κ1) is 18.7. The van der Waals surface area contributed by atoms with Gasteiger partial charge in [0, 0.05) is 24.5 Å². The molecule has 0 bridgehead atoms. The highest BCUT2D eigenvalue weighted by Gasteiger charge is 2.39. The van der Waals surface area contributed by atoms with E-state index < -0.39 is 23.3 Å². The first-order valence-corrected chi connectivity index (χ1v) is 8.25. The molecule has 0 fully saturated rings. The molecule has 1 heterocycles. The number of rotatable bonds is 3. The molecule has 1 amide bonds. The van der Waals surface area contributed by atoms with Crippen LogP contribution in [0.25, 0.3) is 11.1 Å². The molecular weight excluding hydrogens is 355 g/mol. The van der Waals surface area contributed by atoms with E-state index in [1.165, 1.54) is 7.05 Å². The molecule has 0 unspecified atom stereocenters. The maximum Gasteiger partial charge on any atom is 0.435 e. The molecule has 0 saturated carbocycles. The number of nitrogens with zero attached hydrogens (tertiary/aromatic N) is 2. The van der Waals surface area contributed by atoms with Gasteiger partial charge in [-0.3, -0.25) is 9.48 Å². The molecule has 0 aliphatic carbocycles. The van der Waals surface area contributed by atoms with E-state index in [9.17, 15) is 18.0 Å². The van der Waals surface area contributed by atoms with Gasteiger partial charge in [0.25, 0.3) is 5.91 Å². The molecule has 0 saturated heterocycles. The number of benzene rings is 2. The molecule has 3 aromatic rings. The molecule has 2 aromatic carbocycles. The minimum atomic E-state index is -4.71. The normalized spacial score (nSPS) is 11.5. The van der Waals surface area contributed by atoms with Crippen molar-refractivity contribution in [1.29, 1.82) is 0 Å². The lowest BCUT2D eigenvalue weighted by Gasteiger charge is -2.14. The SMILES string of the molecule is Cc1ccc(-c2c(C)cccc2NC(=O)c2cn(C)nc2C(F)(F)F)cc1. The predicted molar refractivity (Wildman–Crippen MR) is 97.5 cm³/mol. The third-order valence-electron chi connectivity index (χ3n) is 4.20. The summed E-state index contributed by atoms with van der Waals surface area (Å²) in [6.45, 7) is 3.85. The number of alkyl halides is 3. The van der Waals surface area contributed by atoms with Gasteiger partial charge in [0.2, 0.25) is 0 Å². The van der Waals surface area contributed by atoms with Crippen LogP contribution < -0.4 is 5.32 Å². The van der Waals surface area contributed by atoms with Crippen LogP contribution in [-0.2, 0) is 13.2 Å². The fourth-order valence-corrected chi connectivity index (χ4v) is 2.93. The average Bonchev–Trinajstić information content (AvgIpc) is 2.99. The lowest BCUT2D eigenvalue weighted by atomic mass is 9.97. The quantitative estimate of drug-likeness (QED) is 0.704. The number of amides is 1. The molecule has 27 heavy (non-hydrogen) atoms. The molecule has 0 radical (unpaired) electrons. The predicted octanol–water partition coefficient (Wildman–Crippen LogP) is 4.98. The maximum atomic E-state index is 13.2. The first-order chi connectivity index (χ1) is 12.7. The van der Waals surface area contributed by atoms with Crippen molar-refractivity contribution in [2.24, 2.45) is 7.05 Å². The Kier molecular flexibility index (Phi) is 4.78. The van der Waals surface area contributed by atoms with Crippen molar-refractivity contribution in [2.75, 3.05) is 5.32 Å². The number of anilines is 1. The highest BCUT2D eigenvalue weighted by molar-refractivity contribution is 6.07. The van der Waals surface area contributed by atoms with E-state index in [0.29, 0.717) is 5.69 Å². The molecule has 0 aliphatic heterocycles. The fraction of sp³-hybridized carbons (Fsp3) is 0.200. The van der Waals surface area contributed by atoms with Crippen molar-refractivity contribution >= 4 is 11.6 Å². The number of aryl methyl sites for hydroxylation is 3. The summed E-state index contributed by atoms with van der Waals surface area (Å²) in [5.74, 6) is -0.852. The third-order valence-corrected chi connectivity index (χ3v) is 4.20. The summed E-state index contributed by atoms with van der Waals surface area (Å²) in [6, 6.07) is 13.0. The molecular formula is C20H18F3N3O. The van der Waals surface area contributed by atoms with E-state index in [1.807, 2.05) is 44.2 Å². The summed E-state index contributed by atoms with van der Waals surface area (Å²) in [7, 11) is 1.34. The largest absolute Gasteiger partial charge is 0.435 e. The topological polar surface area (TPSA) is 46.9 Å². The zero-order valence-electron chi connectivity index (χ0n) is 15.1. The van der Waals surface area contributed by atoms with Gasteiger partial charge in [-0.1, -0.05) is 42.0 Å². The van der Waals surface area contributed by atoms with E-state index in [4.69, 9.17) is 0 Å². The number of carbonyl (C=O) groups is 1. The molecule has 0 atom stereocenters. The van der Waals surface area contributed by atoms with Crippen LogP contribution in [-0.4, -0.2) is 15.7 Å². The molecule has 4 nitrogen and oxygen atoms in total. The van der Waals surface area contributed by atoms with Gasteiger partial charge in [-0.15, -0.1) is 0 Å². The summed E-state index contributed by atoms with van der Waals surface area (Å²) in [5.41, 5.74) is 2.36. The first-order valence-electron chi connectivity index (χ1n) is 8.25. The molecule has 0 aliphatic rings. The molecule has 7 heteroatoms. The summed E-state index contributed by atoms with van der Waals surface area (Å²) < 4.78 is 40.4. The van der Waals surface area contributed by atoms with Crippen LogP contribution in [0, 0.1) is 13.8 Å².